The minimum absolute atomic E-state index is 0.0765. The van der Waals surface area contributed by atoms with E-state index >= 15 is 0 Å². The molecule has 1 fully saturated rings. The third kappa shape index (κ3) is 3.38. The molecule has 8 nitrogen and oxygen atoms in total. The van der Waals surface area contributed by atoms with E-state index in [9.17, 15) is 4.79 Å². The number of likely N-dealkylation sites (N-methyl/N-ethyl adjacent to an activating group) is 1. The summed E-state index contributed by atoms with van der Waals surface area (Å²) in [5, 5.41) is 7.45. The molecular weight excluding hydrogens is 354 g/mol. The van der Waals surface area contributed by atoms with E-state index in [0.29, 0.717) is 13.1 Å². The molecule has 1 aromatic carbocycles. The van der Waals surface area contributed by atoms with Gasteiger partial charge in [0.25, 0.3) is 0 Å². The predicted octanol–water partition coefficient (Wildman–Crippen LogP) is 2.43. The SMILES string of the molecule is Cc1c(NC(=O)N2CCN(C)C(c3nccn3C)C2)cnn1-c1ccccc1. The van der Waals surface area contributed by atoms with Gasteiger partial charge >= 0.3 is 6.03 Å². The summed E-state index contributed by atoms with van der Waals surface area (Å²) in [6, 6.07) is 9.85. The first-order valence-electron chi connectivity index (χ1n) is 9.38. The first kappa shape index (κ1) is 18.2. The molecule has 0 aliphatic carbocycles. The molecule has 2 aromatic heterocycles. The molecule has 0 radical (unpaired) electrons. The third-order valence-corrected chi connectivity index (χ3v) is 5.34. The van der Waals surface area contributed by atoms with Crippen molar-refractivity contribution in [3.05, 3.63) is 60.4 Å². The molecule has 3 heterocycles. The van der Waals surface area contributed by atoms with Crippen LogP contribution in [-0.2, 0) is 7.05 Å². The van der Waals surface area contributed by atoms with Gasteiger partial charge in [-0.1, -0.05) is 18.2 Å². The van der Waals surface area contributed by atoms with E-state index in [1.165, 1.54) is 0 Å². The largest absolute Gasteiger partial charge is 0.337 e. The van der Waals surface area contributed by atoms with E-state index in [2.05, 4.69) is 27.3 Å². The molecule has 0 bridgehead atoms. The molecule has 8 heteroatoms. The highest BCUT2D eigenvalue weighted by Crippen LogP contribution is 2.24. The molecule has 1 unspecified atom stereocenters. The zero-order valence-corrected chi connectivity index (χ0v) is 16.4. The predicted molar refractivity (Wildman–Crippen MR) is 107 cm³/mol. The molecule has 1 aliphatic heterocycles. The number of urea groups is 1. The molecule has 28 heavy (non-hydrogen) atoms. The summed E-state index contributed by atoms with van der Waals surface area (Å²) in [4.78, 5) is 21.5. The summed E-state index contributed by atoms with van der Waals surface area (Å²) in [6.07, 6.45) is 5.43. The van der Waals surface area contributed by atoms with E-state index in [-0.39, 0.29) is 12.1 Å². The van der Waals surface area contributed by atoms with E-state index in [4.69, 9.17) is 0 Å². The van der Waals surface area contributed by atoms with Gasteiger partial charge in [0.2, 0.25) is 0 Å². The summed E-state index contributed by atoms with van der Waals surface area (Å²) in [7, 11) is 4.05. The van der Waals surface area contributed by atoms with Crippen molar-refractivity contribution < 1.29 is 4.79 Å². The number of benzene rings is 1. The summed E-state index contributed by atoms with van der Waals surface area (Å²) in [5.74, 6) is 0.966. The van der Waals surface area contributed by atoms with Crippen LogP contribution < -0.4 is 5.32 Å². The van der Waals surface area contributed by atoms with Gasteiger partial charge < -0.3 is 14.8 Å². The maximum Gasteiger partial charge on any atom is 0.322 e. The first-order valence-corrected chi connectivity index (χ1v) is 9.38. The number of aryl methyl sites for hydroxylation is 1. The van der Waals surface area contributed by atoms with Gasteiger partial charge in [0, 0.05) is 39.1 Å². The Bertz CT molecular complexity index is 962. The fraction of sp³-hybridized carbons (Fsp3) is 0.350. The molecule has 3 aromatic rings. The Morgan fingerprint density at radius 1 is 1.18 bits per heavy atom. The van der Waals surface area contributed by atoms with Crippen LogP contribution in [0.5, 0.6) is 0 Å². The number of carbonyl (C=O) groups excluding carboxylic acids is 1. The summed E-state index contributed by atoms with van der Waals surface area (Å²) < 4.78 is 3.84. The number of anilines is 1. The highest BCUT2D eigenvalue weighted by Gasteiger charge is 2.31. The molecule has 2 amide bonds. The molecule has 1 atom stereocenters. The Balaban J connectivity index is 1.48. The normalized spacial score (nSPS) is 17.7. The van der Waals surface area contributed by atoms with E-state index < -0.39 is 0 Å². The fourth-order valence-electron chi connectivity index (χ4n) is 3.59. The molecule has 146 valence electrons. The van der Waals surface area contributed by atoms with Gasteiger partial charge in [-0.3, -0.25) is 4.90 Å². The van der Waals surface area contributed by atoms with Gasteiger partial charge in [-0.15, -0.1) is 0 Å². The fourth-order valence-corrected chi connectivity index (χ4v) is 3.59. The highest BCUT2D eigenvalue weighted by atomic mass is 16.2. The molecule has 0 saturated carbocycles. The minimum Gasteiger partial charge on any atom is -0.337 e. The van der Waals surface area contributed by atoms with E-state index in [1.807, 2.05) is 64.6 Å². The lowest BCUT2D eigenvalue weighted by molar-refractivity contribution is 0.110. The van der Waals surface area contributed by atoms with Gasteiger partial charge in [-0.25, -0.2) is 14.5 Å². The van der Waals surface area contributed by atoms with Crippen LogP contribution in [0.1, 0.15) is 17.6 Å². The molecule has 1 saturated heterocycles. The zero-order chi connectivity index (χ0) is 19.7. The van der Waals surface area contributed by atoms with Gasteiger partial charge in [0.1, 0.15) is 5.82 Å². The maximum atomic E-state index is 12.9. The van der Waals surface area contributed by atoms with Crippen molar-refractivity contribution in [3.8, 4) is 5.69 Å². The van der Waals surface area contributed by atoms with Gasteiger partial charge in [0.15, 0.2) is 0 Å². The number of amides is 2. The number of imidazole rings is 1. The van der Waals surface area contributed by atoms with Crippen molar-refractivity contribution in [2.75, 3.05) is 32.0 Å². The summed E-state index contributed by atoms with van der Waals surface area (Å²) in [5.41, 5.74) is 2.59. The molecule has 1 aliphatic rings. The van der Waals surface area contributed by atoms with Crippen LogP contribution in [0.4, 0.5) is 10.5 Å². The second-order valence-electron chi connectivity index (χ2n) is 7.16. The number of para-hydroxylation sites is 1. The number of piperazine rings is 1. The number of hydrogen-bond donors (Lipinski definition) is 1. The molecule has 1 N–H and O–H groups in total. The van der Waals surface area contributed by atoms with Crippen LogP contribution in [0.3, 0.4) is 0 Å². The standard InChI is InChI=1S/C20H25N7O/c1-15-17(13-22-27(15)16-7-5-4-6-8-16)23-20(28)26-12-11-24(2)18(14-26)19-21-9-10-25(19)3/h4-10,13,18H,11-12,14H2,1-3H3,(H,23,28). The van der Waals surface area contributed by atoms with Crippen molar-refractivity contribution in [1.82, 2.24) is 29.1 Å². The van der Waals surface area contributed by atoms with Gasteiger partial charge in [0.05, 0.1) is 29.3 Å². The maximum absolute atomic E-state index is 12.9. The molecular formula is C20H25N7O. The van der Waals surface area contributed by atoms with E-state index in [0.717, 1.165) is 29.4 Å². The summed E-state index contributed by atoms with van der Waals surface area (Å²) in [6.45, 7) is 4.03. The van der Waals surface area contributed by atoms with Crippen LogP contribution in [0.2, 0.25) is 0 Å². The topological polar surface area (TPSA) is 71.2 Å². The number of nitrogens with zero attached hydrogens (tertiary/aromatic N) is 6. The average molecular weight is 379 g/mol. The van der Waals surface area contributed by atoms with Gasteiger partial charge in [-0.05, 0) is 26.1 Å². The van der Waals surface area contributed by atoms with Crippen LogP contribution in [0.25, 0.3) is 5.69 Å². The highest BCUT2D eigenvalue weighted by molar-refractivity contribution is 5.90. The number of carbonyl (C=O) groups is 1. The van der Waals surface area contributed by atoms with Crippen LogP contribution in [0, 0.1) is 6.92 Å². The first-order chi connectivity index (χ1) is 13.5. The lowest BCUT2D eigenvalue weighted by Gasteiger charge is -2.38. The Labute approximate surface area is 164 Å². The lowest BCUT2D eigenvalue weighted by Crippen LogP contribution is -2.50. The monoisotopic (exact) mass is 379 g/mol. The summed E-state index contributed by atoms with van der Waals surface area (Å²) >= 11 is 0. The smallest absolute Gasteiger partial charge is 0.322 e. The van der Waals surface area contributed by atoms with Crippen LogP contribution >= 0.6 is 0 Å². The van der Waals surface area contributed by atoms with Crippen molar-refractivity contribution in [2.45, 2.75) is 13.0 Å². The van der Waals surface area contributed by atoms with E-state index in [1.54, 1.807) is 12.4 Å². The lowest BCUT2D eigenvalue weighted by atomic mass is 10.1. The van der Waals surface area contributed by atoms with Crippen molar-refractivity contribution in [1.29, 1.82) is 0 Å². The van der Waals surface area contributed by atoms with Crippen molar-refractivity contribution in [2.24, 2.45) is 7.05 Å². The van der Waals surface area contributed by atoms with Crippen LogP contribution in [-0.4, -0.2) is 61.8 Å². The minimum atomic E-state index is -0.108. The third-order valence-electron chi connectivity index (χ3n) is 5.34. The quantitative estimate of drug-likeness (QED) is 0.759. The Kier molecular flexibility index (Phi) is 4.87. The zero-order valence-electron chi connectivity index (χ0n) is 16.4. The average Bonchev–Trinajstić information content (AvgIpc) is 3.29. The second-order valence-corrected chi connectivity index (χ2v) is 7.16. The number of hydrogen-bond acceptors (Lipinski definition) is 4. The number of aromatic nitrogens is 4. The number of rotatable bonds is 3. The van der Waals surface area contributed by atoms with Crippen LogP contribution in [0.15, 0.2) is 48.9 Å². The molecule has 0 spiro atoms. The Morgan fingerprint density at radius 3 is 2.68 bits per heavy atom. The number of nitrogens with one attached hydrogen (secondary N) is 1. The Hall–Kier alpha value is -3.13. The van der Waals surface area contributed by atoms with Crippen molar-refractivity contribution >= 4 is 11.7 Å². The second kappa shape index (κ2) is 7.47. The Morgan fingerprint density at radius 2 is 1.96 bits per heavy atom. The molecule has 4 rings (SSSR count). The van der Waals surface area contributed by atoms with Gasteiger partial charge in [-0.2, -0.15) is 5.10 Å². The van der Waals surface area contributed by atoms with Crippen molar-refractivity contribution in [3.63, 3.8) is 0 Å².